The summed E-state index contributed by atoms with van der Waals surface area (Å²) in [6.07, 6.45) is -2.36. The molecule has 16 heavy (non-hydrogen) atoms. The van der Waals surface area contributed by atoms with Crippen LogP contribution in [0.15, 0.2) is 18.2 Å². The molecule has 0 radical (unpaired) electrons. The average Bonchev–Trinajstić information content (AvgIpc) is 2.28. The quantitative estimate of drug-likeness (QED) is 0.834. The zero-order valence-corrected chi connectivity index (χ0v) is 8.84. The Kier molecular flexibility index (Phi) is 4.67. The molecule has 0 heterocycles. The van der Waals surface area contributed by atoms with Crippen LogP contribution in [0, 0.1) is 11.3 Å². The maximum Gasteiger partial charge on any atom is 0.250 e. The van der Waals surface area contributed by atoms with Gasteiger partial charge >= 0.3 is 0 Å². The van der Waals surface area contributed by atoms with Crippen molar-refractivity contribution in [2.75, 3.05) is 13.7 Å². The Balaban J connectivity index is 2.65. The van der Waals surface area contributed by atoms with Crippen molar-refractivity contribution in [2.24, 2.45) is 0 Å². The van der Waals surface area contributed by atoms with E-state index < -0.39 is 6.43 Å². The molecule has 1 aromatic rings. The predicted octanol–water partition coefficient (Wildman–Crippen LogP) is 1.92. The van der Waals surface area contributed by atoms with Crippen LogP contribution in [-0.4, -0.2) is 20.1 Å². The molecule has 0 spiro atoms. The summed E-state index contributed by atoms with van der Waals surface area (Å²) in [6, 6.07) is 6.96. The normalized spacial score (nSPS) is 10.2. The van der Waals surface area contributed by atoms with Crippen molar-refractivity contribution >= 4 is 0 Å². The summed E-state index contributed by atoms with van der Waals surface area (Å²) >= 11 is 0. The summed E-state index contributed by atoms with van der Waals surface area (Å²) in [4.78, 5) is 0. The first-order valence-electron chi connectivity index (χ1n) is 4.73. The van der Waals surface area contributed by atoms with Crippen LogP contribution in [0.4, 0.5) is 8.78 Å². The monoisotopic (exact) mass is 226 g/mol. The van der Waals surface area contributed by atoms with Crippen LogP contribution < -0.4 is 10.1 Å². The van der Waals surface area contributed by atoms with Crippen LogP contribution in [0.5, 0.6) is 5.75 Å². The van der Waals surface area contributed by atoms with E-state index in [2.05, 4.69) is 5.32 Å². The largest absolute Gasteiger partial charge is 0.495 e. The van der Waals surface area contributed by atoms with Gasteiger partial charge in [-0.3, -0.25) is 0 Å². The lowest BCUT2D eigenvalue weighted by Crippen LogP contribution is -2.20. The molecule has 1 N–H and O–H groups in total. The fourth-order valence-corrected chi connectivity index (χ4v) is 1.26. The van der Waals surface area contributed by atoms with Gasteiger partial charge in [-0.2, -0.15) is 5.26 Å². The highest BCUT2D eigenvalue weighted by molar-refractivity contribution is 5.45. The molecule has 1 aromatic carbocycles. The molecule has 0 fully saturated rings. The highest BCUT2D eigenvalue weighted by Gasteiger charge is 2.05. The third kappa shape index (κ3) is 3.48. The van der Waals surface area contributed by atoms with Crippen LogP contribution in [-0.2, 0) is 6.54 Å². The van der Waals surface area contributed by atoms with Crippen molar-refractivity contribution in [3.8, 4) is 11.8 Å². The number of alkyl halides is 2. The van der Waals surface area contributed by atoms with E-state index in [1.54, 1.807) is 18.2 Å². The number of methoxy groups -OCH3 is 1. The van der Waals surface area contributed by atoms with Crippen molar-refractivity contribution in [3.05, 3.63) is 29.3 Å². The fourth-order valence-electron chi connectivity index (χ4n) is 1.26. The van der Waals surface area contributed by atoms with Gasteiger partial charge in [0.25, 0.3) is 6.43 Å². The van der Waals surface area contributed by atoms with Gasteiger partial charge in [-0.25, -0.2) is 8.78 Å². The van der Waals surface area contributed by atoms with Crippen LogP contribution in [0.25, 0.3) is 0 Å². The maximum atomic E-state index is 11.9. The second-order valence-corrected chi connectivity index (χ2v) is 3.17. The van der Waals surface area contributed by atoms with Crippen LogP contribution >= 0.6 is 0 Å². The number of hydrogen-bond donors (Lipinski definition) is 1. The average molecular weight is 226 g/mol. The van der Waals surface area contributed by atoms with Crippen molar-refractivity contribution < 1.29 is 13.5 Å². The highest BCUT2D eigenvalue weighted by Crippen LogP contribution is 2.18. The molecule has 86 valence electrons. The molecule has 0 aliphatic carbocycles. The van der Waals surface area contributed by atoms with E-state index >= 15 is 0 Å². The second kappa shape index (κ2) is 6.03. The van der Waals surface area contributed by atoms with Crippen molar-refractivity contribution in [1.82, 2.24) is 5.32 Å². The Labute approximate surface area is 92.6 Å². The molecule has 0 saturated carbocycles. The molecule has 0 aliphatic rings. The molecule has 0 unspecified atom stereocenters. The molecule has 0 aliphatic heterocycles. The number of rotatable bonds is 5. The minimum absolute atomic E-state index is 0.326. The fraction of sp³-hybridized carbons (Fsp3) is 0.364. The Hall–Kier alpha value is -1.67. The highest BCUT2D eigenvalue weighted by atomic mass is 19.3. The minimum atomic E-state index is -2.36. The van der Waals surface area contributed by atoms with E-state index in [1.807, 2.05) is 6.07 Å². The maximum absolute atomic E-state index is 11.9. The lowest BCUT2D eigenvalue weighted by atomic mass is 10.1. The number of nitrogens with one attached hydrogen (secondary N) is 1. The summed E-state index contributed by atoms with van der Waals surface area (Å²) in [5, 5.41) is 11.3. The number of ether oxygens (including phenoxy) is 1. The first kappa shape index (κ1) is 12.4. The van der Waals surface area contributed by atoms with Gasteiger partial charge in [-0.15, -0.1) is 0 Å². The van der Waals surface area contributed by atoms with E-state index in [9.17, 15) is 8.78 Å². The topological polar surface area (TPSA) is 45.0 Å². The third-order valence-corrected chi connectivity index (χ3v) is 2.01. The molecular formula is C11H12F2N2O. The zero-order valence-electron chi connectivity index (χ0n) is 8.84. The molecule has 0 aromatic heterocycles. The summed E-state index contributed by atoms with van der Waals surface area (Å²) in [5.41, 5.74) is 1.23. The Morgan fingerprint density at radius 2 is 2.25 bits per heavy atom. The molecule has 3 nitrogen and oxygen atoms in total. The van der Waals surface area contributed by atoms with Gasteiger partial charge < -0.3 is 10.1 Å². The summed E-state index contributed by atoms with van der Waals surface area (Å²) in [5.74, 6) is 0.457. The molecule has 0 amide bonds. The van der Waals surface area contributed by atoms with Crippen molar-refractivity contribution in [3.63, 3.8) is 0 Å². The Bertz CT molecular complexity index is 388. The van der Waals surface area contributed by atoms with Gasteiger partial charge in [0.1, 0.15) is 11.8 Å². The number of halogens is 2. The van der Waals surface area contributed by atoms with E-state index in [0.29, 0.717) is 17.9 Å². The molecular weight excluding hydrogens is 214 g/mol. The van der Waals surface area contributed by atoms with Gasteiger partial charge in [0, 0.05) is 6.54 Å². The number of benzene rings is 1. The number of hydrogen-bond acceptors (Lipinski definition) is 3. The number of nitrogens with zero attached hydrogens (tertiary/aromatic N) is 1. The first-order valence-corrected chi connectivity index (χ1v) is 4.73. The van der Waals surface area contributed by atoms with E-state index in [1.165, 1.54) is 7.11 Å². The van der Waals surface area contributed by atoms with Crippen LogP contribution in [0.1, 0.15) is 11.1 Å². The summed E-state index contributed by atoms with van der Waals surface area (Å²) < 4.78 is 28.7. The van der Waals surface area contributed by atoms with Crippen molar-refractivity contribution in [1.29, 1.82) is 5.26 Å². The van der Waals surface area contributed by atoms with Crippen LogP contribution in [0.3, 0.4) is 0 Å². The second-order valence-electron chi connectivity index (χ2n) is 3.17. The van der Waals surface area contributed by atoms with Gasteiger partial charge in [-0.05, 0) is 17.7 Å². The molecule has 0 bridgehead atoms. The van der Waals surface area contributed by atoms with Gasteiger partial charge in [-0.1, -0.05) is 6.07 Å². The molecule has 0 atom stereocenters. The number of nitriles is 1. The zero-order chi connectivity index (χ0) is 12.0. The van der Waals surface area contributed by atoms with Crippen molar-refractivity contribution in [2.45, 2.75) is 13.0 Å². The Morgan fingerprint density at radius 1 is 1.50 bits per heavy atom. The Morgan fingerprint density at radius 3 is 2.81 bits per heavy atom. The van der Waals surface area contributed by atoms with E-state index in [0.717, 1.165) is 5.56 Å². The smallest absolute Gasteiger partial charge is 0.250 e. The summed E-state index contributed by atoms with van der Waals surface area (Å²) in [6.45, 7) is -0.0191. The molecule has 5 heteroatoms. The lowest BCUT2D eigenvalue weighted by Gasteiger charge is -2.07. The third-order valence-electron chi connectivity index (χ3n) is 2.01. The minimum Gasteiger partial charge on any atom is -0.495 e. The first-order chi connectivity index (χ1) is 7.67. The van der Waals surface area contributed by atoms with Crippen LogP contribution in [0.2, 0.25) is 0 Å². The molecule has 0 saturated heterocycles. The van der Waals surface area contributed by atoms with Gasteiger partial charge in [0.2, 0.25) is 0 Å². The summed E-state index contributed by atoms with van der Waals surface area (Å²) in [7, 11) is 1.46. The SMILES string of the molecule is COc1cc(CNCC(F)F)ccc1C#N. The van der Waals surface area contributed by atoms with E-state index in [4.69, 9.17) is 10.00 Å². The van der Waals surface area contributed by atoms with E-state index in [-0.39, 0.29) is 6.54 Å². The van der Waals surface area contributed by atoms with Gasteiger partial charge in [0.05, 0.1) is 19.2 Å². The lowest BCUT2D eigenvalue weighted by molar-refractivity contribution is 0.145. The predicted molar refractivity (Wildman–Crippen MR) is 55.4 cm³/mol. The molecule has 1 rings (SSSR count). The standard InChI is InChI=1S/C11H12F2N2O/c1-16-10-4-8(2-3-9(10)5-14)6-15-7-11(12)13/h2-4,11,15H,6-7H2,1H3. The van der Waals surface area contributed by atoms with Gasteiger partial charge in [0.15, 0.2) is 0 Å².